The second-order valence-electron chi connectivity index (χ2n) is 7.31. The molecule has 0 saturated carbocycles. The summed E-state index contributed by atoms with van der Waals surface area (Å²) >= 11 is 0. The Kier molecular flexibility index (Phi) is 6.90. The standard InChI is InChI=1S/C18H19F11O/c1-4-10(2)11-6-5-7-12(8-11)13(3,30)9-14(19,20)15(21,22)16(23,24)17(25,26)18(27,28)29/h5-8,10,30H,4,9H2,1-3H3. The normalized spacial score (nSPS) is 17.6. The fourth-order valence-corrected chi connectivity index (χ4v) is 2.67. The maximum atomic E-state index is 14.0. The highest BCUT2D eigenvalue weighted by Crippen LogP contribution is 2.59. The zero-order valence-corrected chi connectivity index (χ0v) is 15.9. The summed E-state index contributed by atoms with van der Waals surface area (Å²) < 4.78 is 145. The second-order valence-corrected chi connectivity index (χ2v) is 7.31. The zero-order chi connectivity index (χ0) is 24.0. The van der Waals surface area contributed by atoms with Crippen molar-refractivity contribution in [2.24, 2.45) is 0 Å². The summed E-state index contributed by atoms with van der Waals surface area (Å²) in [5, 5.41) is 10.2. The van der Waals surface area contributed by atoms with Crippen LogP contribution in [0.2, 0.25) is 0 Å². The Bertz CT molecular complexity index is 738. The quantitative estimate of drug-likeness (QED) is 0.419. The molecule has 30 heavy (non-hydrogen) atoms. The monoisotopic (exact) mass is 460 g/mol. The summed E-state index contributed by atoms with van der Waals surface area (Å²) in [5.41, 5.74) is -2.92. The third kappa shape index (κ3) is 4.38. The Morgan fingerprint density at radius 3 is 1.77 bits per heavy atom. The van der Waals surface area contributed by atoms with Gasteiger partial charge < -0.3 is 5.11 Å². The molecule has 1 nitrogen and oxygen atoms in total. The van der Waals surface area contributed by atoms with Crippen LogP contribution in [0.5, 0.6) is 0 Å². The van der Waals surface area contributed by atoms with Crippen molar-refractivity contribution in [3.05, 3.63) is 35.4 Å². The Morgan fingerprint density at radius 2 is 1.33 bits per heavy atom. The van der Waals surface area contributed by atoms with E-state index in [1.165, 1.54) is 12.1 Å². The first-order chi connectivity index (χ1) is 13.2. The van der Waals surface area contributed by atoms with Gasteiger partial charge in [-0.2, -0.15) is 48.3 Å². The minimum absolute atomic E-state index is 0.169. The molecule has 0 spiro atoms. The lowest BCUT2D eigenvalue weighted by atomic mass is 9.83. The Morgan fingerprint density at radius 1 is 0.833 bits per heavy atom. The van der Waals surface area contributed by atoms with E-state index >= 15 is 0 Å². The molecule has 0 aliphatic heterocycles. The van der Waals surface area contributed by atoms with E-state index in [0.29, 0.717) is 18.9 Å². The molecule has 0 amide bonds. The van der Waals surface area contributed by atoms with E-state index in [0.717, 1.165) is 12.1 Å². The van der Waals surface area contributed by atoms with Gasteiger partial charge in [-0.25, -0.2) is 0 Å². The van der Waals surface area contributed by atoms with Crippen molar-refractivity contribution in [3.63, 3.8) is 0 Å². The first-order valence-corrected chi connectivity index (χ1v) is 8.56. The molecule has 2 unspecified atom stereocenters. The molecule has 0 radical (unpaired) electrons. The number of hydrogen-bond donors (Lipinski definition) is 1. The van der Waals surface area contributed by atoms with Gasteiger partial charge in [0.05, 0.1) is 12.0 Å². The average molecular weight is 460 g/mol. The maximum Gasteiger partial charge on any atom is 0.460 e. The van der Waals surface area contributed by atoms with Gasteiger partial charge >= 0.3 is 29.9 Å². The SMILES string of the molecule is CCC(C)c1cccc(C(C)(O)CC(F)(F)C(F)(F)C(F)(F)C(F)(F)C(F)(F)F)c1. The minimum Gasteiger partial charge on any atom is -0.385 e. The highest BCUT2D eigenvalue weighted by atomic mass is 19.4. The van der Waals surface area contributed by atoms with E-state index in [9.17, 15) is 53.4 Å². The Hall–Kier alpha value is -1.59. The van der Waals surface area contributed by atoms with Crippen molar-refractivity contribution in [1.82, 2.24) is 0 Å². The molecule has 0 aromatic heterocycles. The lowest BCUT2D eigenvalue weighted by molar-refractivity contribution is -0.424. The summed E-state index contributed by atoms with van der Waals surface area (Å²) in [7, 11) is 0. The van der Waals surface area contributed by atoms with Gasteiger partial charge in [0, 0.05) is 0 Å². The van der Waals surface area contributed by atoms with E-state index in [2.05, 4.69) is 0 Å². The molecule has 2 atom stereocenters. The third-order valence-corrected chi connectivity index (χ3v) is 4.86. The van der Waals surface area contributed by atoms with E-state index in [1.807, 2.05) is 0 Å². The first kappa shape index (κ1) is 26.4. The van der Waals surface area contributed by atoms with Gasteiger partial charge in [-0.1, -0.05) is 38.1 Å². The number of aliphatic hydroxyl groups is 1. The van der Waals surface area contributed by atoms with Crippen molar-refractivity contribution in [1.29, 1.82) is 0 Å². The summed E-state index contributed by atoms with van der Waals surface area (Å²) in [4.78, 5) is 0. The summed E-state index contributed by atoms with van der Waals surface area (Å²) in [6.45, 7) is 4.00. The van der Waals surface area contributed by atoms with Gasteiger partial charge in [-0.05, 0) is 30.4 Å². The molecule has 0 bridgehead atoms. The molecular weight excluding hydrogens is 441 g/mol. The lowest BCUT2D eigenvalue weighted by Gasteiger charge is -2.39. The Labute approximate surface area is 164 Å². The average Bonchev–Trinajstić information content (AvgIpc) is 2.58. The van der Waals surface area contributed by atoms with E-state index < -0.39 is 47.5 Å². The van der Waals surface area contributed by atoms with Crippen molar-refractivity contribution >= 4 is 0 Å². The number of alkyl halides is 11. The predicted molar refractivity (Wildman–Crippen MR) is 85.2 cm³/mol. The minimum atomic E-state index is -7.49. The van der Waals surface area contributed by atoms with Crippen molar-refractivity contribution in [2.75, 3.05) is 0 Å². The van der Waals surface area contributed by atoms with Gasteiger partial charge in [-0.3, -0.25) is 0 Å². The van der Waals surface area contributed by atoms with Crippen LogP contribution < -0.4 is 0 Å². The van der Waals surface area contributed by atoms with Crippen molar-refractivity contribution in [2.45, 2.75) is 75.0 Å². The molecule has 0 aliphatic rings. The molecule has 1 N–H and O–H groups in total. The summed E-state index contributed by atoms with van der Waals surface area (Å²) in [6, 6.07) is 4.90. The number of halogens is 11. The highest BCUT2D eigenvalue weighted by molar-refractivity contribution is 5.30. The first-order valence-electron chi connectivity index (χ1n) is 8.56. The predicted octanol–water partition coefficient (Wildman–Crippen LogP) is 6.90. The molecule has 0 fully saturated rings. The Balaban J connectivity index is 3.37. The number of rotatable bonds is 8. The van der Waals surface area contributed by atoms with E-state index in [1.54, 1.807) is 13.8 Å². The van der Waals surface area contributed by atoms with Crippen LogP contribution in [0.25, 0.3) is 0 Å². The van der Waals surface area contributed by atoms with Gasteiger partial charge in [-0.15, -0.1) is 0 Å². The molecular formula is C18H19F11O. The van der Waals surface area contributed by atoms with Gasteiger partial charge in [0.25, 0.3) is 0 Å². The van der Waals surface area contributed by atoms with Crippen molar-refractivity contribution < 1.29 is 53.4 Å². The number of benzene rings is 1. The molecule has 0 heterocycles. The topological polar surface area (TPSA) is 20.2 Å². The molecule has 1 aromatic carbocycles. The van der Waals surface area contributed by atoms with Crippen LogP contribution in [0.15, 0.2) is 24.3 Å². The van der Waals surface area contributed by atoms with Crippen LogP contribution in [-0.2, 0) is 5.60 Å². The van der Waals surface area contributed by atoms with Crippen LogP contribution in [0, 0.1) is 0 Å². The van der Waals surface area contributed by atoms with Gasteiger partial charge in [0.2, 0.25) is 0 Å². The zero-order valence-electron chi connectivity index (χ0n) is 15.9. The maximum absolute atomic E-state index is 14.0. The highest BCUT2D eigenvalue weighted by Gasteiger charge is 2.87. The van der Waals surface area contributed by atoms with Crippen LogP contribution >= 0.6 is 0 Å². The van der Waals surface area contributed by atoms with Crippen LogP contribution in [0.4, 0.5) is 48.3 Å². The van der Waals surface area contributed by atoms with E-state index in [-0.39, 0.29) is 5.92 Å². The van der Waals surface area contributed by atoms with E-state index in [4.69, 9.17) is 0 Å². The summed E-state index contributed by atoms with van der Waals surface area (Å²) in [5.74, 6) is -28.4. The molecule has 0 saturated heterocycles. The lowest BCUT2D eigenvalue weighted by Crippen LogP contribution is -2.67. The largest absolute Gasteiger partial charge is 0.460 e. The van der Waals surface area contributed by atoms with Crippen LogP contribution in [-0.4, -0.2) is 35.0 Å². The smallest absolute Gasteiger partial charge is 0.385 e. The molecule has 1 rings (SSSR count). The second kappa shape index (κ2) is 7.83. The number of hydrogen-bond acceptors (Lipinski definition) is 1. The summed E-state index contributed by atoms with van der Waals surface area (Å²) in [6.07, 6.45) is -9.21. The van der Waals surface area contributed by atoms with Gasteiger partial charge in [0.15, 0.2) is 0 Å². The van der Waals surface area contributed by atoms with Gasteiger partial charge in [0.1, 0.15) is 0 Å². The molecule has 174 valence electrons. The molecule has 0 aliphatic carbocycles. The van der Waals surface area contributed by atoms with Crippen LogP contribution in [0.1, 0.15) is 50.7 Å². The van der Waals surface area contributed by atoms with Crippen molar-refractivity contribution in [3.8, 4) is 0 Å². The third-order valence-electron chi connectivity index (χ3n) is 4.86. The fraction of sp³-hybridized carbons (Fsp3) is 0.667. The van der Waals surface area contributed by atoms with Crippen LogP contribution in [0.3, 0.4) is 0 Å². The fourth-order valence-electron chi connectivity index (χ4n) is 2.67. The molecule has 12 heteroatoms. The molecule has 1 aromatic rings.